The summed E-state index contributed by atoms with van der Waals surface area (Å²) < 4.78 is 13.6. The van der Waals surface area contributed by atoms with E-state index in [9.17, 15) is 14.0 Å². The first kappa shape index (κ1) is 15.0. The van der Waals surface area contributed by atoms with E-state index in [1.165, 1.54) is 18.2 Å². The van der Waals surface area contributed by atoms with Gasteiger partial charge in [0.1, 0.15) is 5.82 Å². The molecule has 6 heteroatoms. The van der Waals surface area contributed by atoms with Gasteiger partial charge in [-0.3, -0.25) is 9.59 Å². The molecule has 0 atom stereocenters. The molecule has 2 rings (SSSR count). The highest BCUT2D eigenvalue weighted by Gasteiger charge is 2.13. The van der Waals surface area contributed by atoms with Crippen LogP contribution >= 0.6 is 11.6 Å². The van der Waals surface area contributed by atoms with Gasteiger partial charge < -0.3 is 10.4 Å². The summed E-state index contributed by atoms with van der Waals surface area (Å²) in [6.45, 7) is 0. The van der Waals surface area contributed by atoms with Crippen LogP contribution in [0.25, 0.3) is 0 Å². The van der Waals surface area contributed by atoms with Crippen LogP contribution in [0.2, 0.25) is 5.02 Å². The number of hydrogen-bond acceptors (Lipinski definition) is 2. The third-order valence-corrected chi connectivity index (χ3v) is 2.95. The molecule has 0 bridgehead atoms. The second-order valence-corrected chi connectivity index (χ2v) is 4.79. The number of carboxylic acid groups (broad SMARTS) is 1. The van der Waals surface area contributed by atoms with Crippen LogP contribution in [0.4, 0.5) is 10.1 Å². The number of rotatable bonds is 4. The lowest BCUT2D eigenvalue weighted by molar-refractivity contribution is -0.136. The Hall–Kier alpha value is -2.40. The fourth-order valence-corrected chi connectivity index (χ4v) is 1.98. The van der Waals surface area contributed by atoms with Crippen LogP contribution < -0.4 is 5.32 Å². The molecule has 0 unspecified atom stereocenters. The van der Waals surface area contributed by atoms with Crippen molar-refractivity contribution in [2.75, 3.05) is 5.32 Å². The summed E-state index contributed by atoms with van der Waals surface area (Å²) in [4.78, 5) is 22.6. The Bertz CT molecular complexity index is 703. The maximum Gasteiger partial charge on any atom is 0.307 e. The van der Waals surface area contributed by atoms with Crippen molar-refractivity contribution < 1.29 is 19.1 Å². The third-order valence-electron chi connectivity index (χ3n) is 2.71. The largest absolute Gasteiger partial charge is 0.481 e. The second-order valence-electron chi connectivity index (χ2n) is 4.35. The van der Waals surface area contributed by atoms with Crippen LogP contribution in [-0.2, 0) is 11.2 Å². The van der Waals surface area contributed by atoms with E-state index in [0.29, 0.717) is 11.3 Å². The predicted octanol–water partition coefficient (Wildman–Crippen LogP) is 3.36. The molecule has 0 spiro atoms. The van der Waals surface area contributed by atoms with Gasteiger partial charge >= 0.3 is 5.97 Å². The lowest BCUT2D eigenvalue weighted by Crippen LogP contribution is -2.14. The zero-order chi connectivity index (χ0) is 15.4. The van der Waals surface area contributed by atoms with E-state index in [1.54, 1.807) is 18.2 Å². The monoisotopic (exact) mass is 307 g/mol. The number of hydrogen-bond donors (Lipinski definition) is 2. The zero-order valence-corrected chi connectivity index (χ0v) is 11.5. The van der Waals surface area contributed by atoms with Crippen LogP contribution in [0, 0.1) is 5.82 Å². The molecule has 0 radical (unpaired) electrons. The number of carbonyl (C=O) groups is 2. The molecule has 0 aliphatic carbocycles. The predicted molar refractivity (Wildman–Crippen MR) is 77.1 cm³/mol. The first-order valence-corrected chi connectivity index (χ1v) is 6.40. The first-order valence-electron chi connectivity index (χ1n) is 6.03. The van der Waals surface area contributed by atoms with E-state index in [2.05, 4.69) is 5.32 Å². The molecule has 0 heterocycles. The van der Waals surface area contributed by atoms with E-state index in [4.69, 9.17) is 16.7 Å². The molecule has 0 aliphatic heterocycles. The Labute approximate surface area is 125 Å². The van der Waals surface area contributed by atoms with Crippen LogP contribution in [-0.4, -0.2) is 17.0 Å². The van der Waals surface area contributed by atoms with Crippen LogP contribution in [0.3, 0.4) is 0 Å². The number of aliphatic carboxylic acids is 1. The summed E-state index contributed by atoms with van der Waals surface area (Å²) in [6, 6.07) is 10.0. The molecule has 0 fully saturated rings. The normalized spacial score (nSPS) is 10.2. The Balaban J connectivity index is 2.19. The molecule has 0 aliphatic rings. The smallest absolute Gasteiger partial charge is 0.307 e. The topological polar surface area (TPSA) is 66.4 Å². The molecular formula is C15H11ClFNO3. The Kier molecular flexibility index (Phi) is 4.55. The van der Waals surface area contributed by atoms with Gasteiger partial charge in [-0.15, -0.1) is 0 Å². The molecule has 0 saturated heterocycles. The van der Waals surface area contributed by atoms with E-state index >= 15 is 0 Å². The number of carboxylic acids is 1. The molecule has 2 N–H and O–H groups in total. The Morgan fingerprint density at radius 3 is 2.67 bits per heavy atom. The zero-order valence-electron chi connectivity index (χ0n) is 10.8. The van der Waals surface area contributed by atoms with E-state index in [0.717, 1.165) is 6.07 Å². The van der Waals surface area contributed by atoms with E-state index in [-0.39, 0.29) is 17.0 Å². The number of benzene rings is 2. The van der Waals surface area contributed by atoms with Gasteiger partial charge in [-0.25, -0.2) is 4.39 Å². The van der Waals surface area contributed by atoms with Gasteiger partial charge in [0.15, 0.2) is 0 Å². The minimum Gasteiger partial charge on any atom is -0.481 e. The van der Waals surface area contributed by atoms with Gasteiger partial charge in [-0.05, 0) is 35.9 Å². The summed E-state index contributed by atoms with van der Waals surface area (Å²) >= 11 is 5.73. The Morgan fingerprint density at radius 2 is 1.95 bits per heavy atom. The number of amides is 1. The van der Waals surface area contributed by atoms with Crippen LogP contribution in [0.1, 0.15) is 15.9 Å². The van der Waals surface area contributed by atoms with Gasteiger partial charge in [0.25, 0.3) is 5.91 Å². The van der Waals surface area contributed by atoms with Gasteiger partial charge in [-0.1, -0.05) is 23.7 Å². The minimum absolute atomic E-state index is 0.158. The van der Waals surface area contributed by atoms with Crippen molar-refractivity contribution >= 4 is 29.2 Å². The van der Waals surface area contributed by atoms with Crippen molar-refractivity contribution in [2.24, 2.45) is 0 Å². The average molecular weight is 308 g/mol. The SMILES string of the molecule is O=C(O)Cc1cccc(NC(=O)c2cc(Cl)ccc2F)c1. The molecular weight excluding hydrogens is 297 g/mol. The first-order chi connectivity index (χ1) is 9.95. The number of halogens is 2. The lowest BCUT2D eigenvalue weighted by atomic mass is 10.1. The van der Waals surface area contributed by atoms with Crippen molar-refractivity contribution in [3.05, 3.63) is 64.4 Å². The fraction of sp³-hybridized carbons (Fsp3) is 0.0667. The molecule has 2 aromatic carbocycles. The number of nitrogens with one attached hydrogen (secondary N) is 1. The number of anilines is 1. The summed E-state index contributed by atoms with van der Waals surface area (Å²) in [7, 11) is 0. The van der Waals surface area contributed by atoms with Gasteiger partial charge in [0.05, 0.1) is 12.0 Å². The third kappa shape index (κ3) is 4.03. The van der Waals surface area contributed by atoms with Crippen LogP contribution in [0.5, 0.6) is 0 Å². The van der Waals surface area contributed by atoms with E-state index < -0.39 is 17.7 Å². The van der Waals surface area contributed by atoms with Gasteiger partial charge in [0, 0.05) is 10.7 Å². The maximum atomic E-state index is 13.6. The quantitative estimate of drug-likeness (QED) is 0.910. The highest BCUT2D eigenvalue weighted by molar-refractivity contribution is 6.31. The highest BCUT2D eigenvalue weighted by atomic mass is 35.5. The fourth-order valence-electron chi connectivity index (χ4n) is 1.80. The van der Waals surface area contributed by atoms with Crippen molar-refractivity contribution in [1.82, 2.24) is 0 Å². The summed E-state index contributed by atoms with van der Waals surface area (Å²) in [5.74, 6) is -2.31. The summed E-state index contributed by atoms with van der Waals surface area (Å²) in [5.41, 5.74) is 0.746. The maximum absolute atomic E-state index is 13.6. The number of carbonyl (C=O) groups excluding carboxylic acids is 1. The lowest BCUT2D eigenvalue weighted by Gasteiger charge is -2.08. The van der Waals surface area contributed by atoms with Crippen LogP contribution in [0.15, 0.2) is 42.5 Å². The summed E-state index contributed by atoms with van der Waals surface area (Å²) in [5, 5.41) is 11.5. The molecule has 2 aromatic rings. The molecule has 21 heavy (non-hydrogen) atoms. The second kappa shape index (κ2) is 6.37. The Morgan fingerprint density at radius 1 is 1.19 bits per heavy atom. The van der Waals surface area contributed by atoms with Crippen molar-refractivity contribution in [2.45, 2.75) is 6.42 Å². The van der Waals surface area contributed by atoms with Gasteiger partial charge in [-0.2, -0.15) is 0 Å². The molecule has 4 nitrogen and oxygen atoms in total. The molecule has 0 saturated carbocycles. The molecule has 1 amide bonds. The van der Waals surface area contributed by atoms with Crippen molar-refractivity contribution in [1.29, 1.82) is 0 Å². The highest BCUT2D eigenvalue weighted by Crippen LogP contribution is 2.17. The van der Waals surface area contributed by atoms with Crippen molar-refractivity contribution in [3.8, 4) is 0 Å². The summed E-state index contributed by atoms with van der Waals surface area (Å²) in [6.07, 6.45) is -0.158. The molecule has 0 aromatic heterocycles. The average Bonchev–Trinajstić information content (AvgIpc) is 2.41. The molecule has 108 valence electrons. The van der Waals surface area contributed by atoms with Crippen molar-refractivity contribution in [3.63, 3.8) is 0 Å². The van der Waals surface area contributed by atoms with E-state index in [1.807, 2.05) is 0 Å². The van der Waals surface area contributed by atoms with Gasteiger partial charge in [0.2, 0.25) is 0 Å². The standard InChI is InChI=1S/C15H11ClFNO3/c16-10-4-5-13(17)12(8-10)15(21)18-11-3-1-2-9(6-11)7-14(19)20/h1-6,8H,7H2,(H,18,21)(H,19,20). The minimum atomic E-state index is -0.973.